The summed E-state index contributed by atoms with van der Waals surface area (Å²) in [4.78, 5) is 11.9. The lowest BCUT2D eigenvalue weighted by Gasteiger charge is -2.28. The summed E-state index contributed by atoms with van der Waals surface area (Å²) in [7, 11) is 0. The van der Waals surface area contributed by atoms with Crippen LogP contribution in [-0.2, 0) is 17.7 Å². The molecule has 1 aromatic rings. The van der Waals surface area contributed by atoms with Gasteiger partial charge in [-0.25, -0.2) is 4.79 Å². The van der Waals surface area contributed by atoms with Gasteiger partial charge in [0.15, 0.2) is 0 Å². The lowest BCUT2D eigenvalue weighted by Crippen LogP contribution is -2.45. The van der Waals surface area contributed by atoms with E-state index in [1.54, 1.807) is 0 Å². The molecule has 1 aliphatic heterocycles. The van der Waals surface area contributed by atoms with Crippen LogP contribution >= 0.6 is 0 Å². The largest absolute Gasteiger partial charge is 0.381 e. The standard InChI is InChI=1S/C17H26N2O2/c1-3-14-4-6-15(7-5-14)12-18-17(20)19-13(2)16-8-10-21-11-9-16/h4-7,13,16H,3,8-12H2,1-2H3,(H2,18,19,20). The Morgan fingerprint density at radius 3 is 2.48 bits per heavy atom. The number of urea groups is 1. The van der Waals surface area contributed by atoms with Gasteiger partial charge in [0.1, 0.15) is 0 Å². The van der Waals surface area contributed by atoms with Crippen LogP contribution in [0.15, 0.2) is 24.3 Å². The average molecular weight is 290 g/mol. The van der Waals surface area contributed by atoms with Crippen molar-refractivity contribution >= 4 is 6.03 Å². The van der Waals surface area contributed by atoms with Crippen molar-refractivity contribution in [2.75, 3.05) is 13.2 Å². The van der Waals surface area contributed by atoms with Crippen molar-refractivity contribution in [3.05, 3.63) is 35.4 Å². The molecule has 0 bridgehead atoms. The Morgan fingerprint density at radius 2 is 1.86 bits per heavy atom. The molecule has 4 heteroatoms. The van der Waals surface area contributed by atoms with E-state index in [2.05, 4.69) is 48.7 Å². The quantitative estimate of drug-likeness (QED) is 0.876. The van der Waals surface area contributed by atoms with Gasteiger partial charge in [-0.15, -0.1) is 0 Å². The second-order valence-corrected chi connectivity index (χ2v) is 5.74. The zero-order chi connectivity index (χ0) is 15.1. The fourth-order valence-corrected chi connectivity index (χ4v) is 2.67. The number of aryl methyl sites for hydroxylation is 1. The maximum Gasteiger partial charge on any atom is 0.315 e. The number of rotatable bonds is 5. The molecule has 1 fully saturated rings. The second-order valence-electron chi connectivity index (χ2n) is 5.74. The van der Waals surface area contributed by atoms with Crippen molar-refractivity contribution in [3.63, 3.8) is 0 Å². The summed E-state index contributed by atoms with van der Waals surface area (Å²) < 4.78 is 5.35. The molecule has 0 aliphatic carbocycles. The molecule has 1 aromatic carbocycles. The molecule has 0 radical (unpaired) electrons. The molecular weight excluding hydrogens is 264 g/mol. The first-order chi connectivity index (χ1) is 10.2. The molecule has 1 saturated heterocycles. The summed E-state index contributed by atoms with van der Waals surface area (Å²) in [5, 5.41) is 5.96. The van der Waals surface area contributed by atoms with Gasteiger partial charge in [-0.3, -0.25) is 0 Å². The molecular formula is C17H26N2O2. The van der Waals surface area contributed by atoms with Crippen LogP contribution in [-0.4, -0.2) is 25.3 Å². The minimum atomic E-state index is -0.0893. The topological polar surface area (TPSA) is 50.4 Å². The predicted molar refractivity (Wildman–Crippen MR) is 84.2 cm³/mol. The third kappa shape index (κ3) is 5.05. The Morgan fingerprint density at radius 1 is 1.24 bits per heavy atom. The number of carbonyl (C=O) groups is 1. The van der Waals surface area contributed by atoms with E-state index >= 15 is 0 Å². The van der Waals surface area contributed by atoms with E-state index < -0.39 is 0 Å². The fourth-order valence-electron chi connectivity index (χ4n) is 2.67. The van der Waals surface area contributed by atoms with Crippen LogP contribution in [0.25, 0.3) is 0 Å². The Balaban J connectivity index is 1.73. The molecule has 116 valence electrons. The van der Waals surface area contributed by atoms with Gasteiger partial charge in [0.05, 0.1) is 0 Å². The van der Waals surface area contributed by atoms with Crippen LogP contribution < -0.4 is 10.6 Å². The van der Waals surface area contributed by atoms with Crippen molar-refractivity contribution in [2.45, 2.75) is 45.7 Å². The number of amides is 2. The molecule has 21 heavy (non-hydrogen) atoms. The van der Waals surface area contributed by atoms with Gasteiger partial charge in [-0.2, -0.15) is 0 Å². The first-order valence-corrected chi connectivity index (χ1v) is 7.89. The Labute approximate surface area is 127 Å². The molecule has 1 heterocycles. The third-order valence-corrected chi connectivity index (χ3v) is 4.22. The van der Waals surface area contributed by atoms with E-state index in [9.17, 15) is 4.79 Å². The molecule has 1 unspecified atom stereocenters. The molecule has 2 N–H and O–H groups in total. The van der Waals surface area contributed by atoms with Gasteiger partial charge < -0.3 is 15.4 Å². The molecule has 2 amide bonds. The predicted octanol–water partition coefficient (Wildman–Crippen LogP) is 2.86. The van der Waals surface area contributed by atoms with E-state index in [-0.39, 0.29) is 12.1 Å². The highest BCUT2D eigenvalue weighted by Crippen LogP contribution is 2.18. The summed E-state index contributed by atoms with van der Waals surface area (Å²) in [6, 6.07) is 8.46. The molecule has 0 saturated carbocycles. The minimum Gasteiger partial charge on any atom is -0.381 e. The molecule has 2 rings (SSSR count). The van der Waals surface area contributed by atoms with Crippen molar-refractivity contribution in [1.82, 2.24) is 10.6 Å². The number of ether oxygens (including phenoxy) is 1. The van der Waals surface area contributed by atoms with Gasteiger partial charge in [-0.05, 0) is 43.2 Å². The van der Waals surface area contributed by atoms with Gasteiger partial charge >= 0.3 is 6.03 Å². The number of hydrogen-bond donors (Lipinski definition) is 2. The van der Waals surface area contributed by atoms with E-state index in [4.69, 9.17) is 4.74 Å². The Kier molecular flexibility index (Phi) is 6.05. The van der Waals surface area contributed by atoms with Crippen molar-refractivity contribution in [1.29, 1.82) is 0 Å². The Hall–Kier alpha value is -1.55. The zero-order valence-electron chi connectivity index (χ0n) is 13.0. The van der Waals surface area contributed by atoms with Crippen LogP contribution in [0.5, 0.6) is 0 Å². The number of nitrogens with one attached hydrogen (secondary N) is 2. The highest BCUT2D eigenvalue weighted by molar-refractivity contribution is 5.74. The van der Waals surface area contributed by atoms with Gasteiger partial charge in [-0.1, -0.05) is 31.2 Å². The zero-order valence-corrected chi connectivity index (χ0v) is 13.0. The Bertz CT molecular complexity index is 439. The highest BCUT2D eigenvalue weighted by atomic mass is 16.5. The first-order valence-electron chi connectivity index (χ1n) is 7.89. The average Bonchev–Trinajstić information content (AvgIpc) is 2.54. The van der Waals surface area contributed by atoms with Crippen molar-refractivity contribution in [3.8, 4) is 0 Å². The maximum absolute atomic E-state index is 11.9. The summed E-state index contributed by atoms with van der Waals surface area (Å²) >= 11 is 0. The van der Waals surface area contributed by atoms with Crippen molar-refractivity contribution < 1.29 is 9.53 Å². The van der Waals surface area contributed by atoms with Gasteiger partial charge in [0, 0.05) is 25.8 Å². The normalized spacial score (nSPS) is 17.2. The minimum absolute atomic E-state index is 0.0893. The SMILES string of the molecule is CCc1ccc(CNC(=O)NC(C)C2CCOCC2)cc1. The smallest absolute Gasteiger partial charge is 0.315 e. The van der Waals surface area contributed by atoms with Crippen LogP contribution in [0.1, 0.15) is 37.8 Å². The highest BCUT2D eigenvalue weighted by Gasteiger charge is 2.21. The lowest BCUT2D eigenvalue weighted by molar-refractivity contribution is 0.0571. The van der Waals surface area contributed by atoms with Crippen LogP contribution in [0.2, 0.25) is 0 Å². The van der Waals surface area contributed by atoms with E-state index in [0.717, 1.165) is 38.0 Å². The van der Waals surface area contributed by atoms with Crippen LogP contribution in [0.4, 0.5) is 4.79 Å². The van der Waals surface area contributed by atoms with E-state index in [1.165, 1.54) is 5.56 Å². The lowest BCUT2D eigenvalue weighted by atomic mass is 9.93. The van der Waals surface area contributed by atoms with Crippen LogP contribution in [0, 0.1) is 5.92 Å². The van der Waals surface area contributed by atoms with E-state index in [0.29, 0.717) is 12.5 Å². The molecule has 1 atom stereocenters. The van der Waals surface area contributed by atoms with E-state index in [1.807, 2.05) is 0 Å². The second kappa shape index (κ2) is 8.03. The first kappa shape index (κ1) is 15.8. The number of hydrogen-bond acceptors (Lipinski definition) is 2. The summed E-state index contributed by atoms with van der Waals surface area (Å²) in [5.41, 5.74) is 2.44. The monoisotopic (exact) mass is 290 g/mol. The summed E-state index contributed by atoms with van der Waals surface area (Å²) in [5.74, 6) is 0.522. The van der Waals surface area contributed by atoms with Crippen LogP contribution in [0.3, 0.4) is 0 Å². The molecule has 0 aromatic heterocycles. The van der Waals surface area contributed by atoms with Gasteiger partial charge in [0.2, 0.25) is 0 Å². The maximum atomic E-state index is 11.9. The summed E-state index contributed by atoms with van der Waals surface area (Å²) in [6.45, 7) is 6.39. The van der Waals surface area contributed by atoms with Crippen molar-refractivity contribution in [2.24, 2.45) is 5.92 Å². The number of carbonyl (C=O) groups excluding carboxylic acids is 1. The molecule has 1 aliphatic rings. The third-order valence-electron chi connectivity index (χ3n) is 4.22. The molecule has 4 nitrogen and oxygen atoms in total. The molecule has 0 spiro atoms. The number of benzene rings is 1. The van der Waals surface area contributed by atoms with Gasteiger partial charge in [0.25, 0.3) is 0 Å². The fraction of sp³-hybridized carbons (Fsp3) is 0.588. The summed E-state index contributed by atoms with van der Waals surface area (Å²) in [6.07, 6.45) is 3.09.